The van der Waals surface area contributed by atoms with Crippen LogP contribution in [0, 0.1) is 36.5 Å². The van der Waals surface area contributed by atoms with Crippen molar-refractivity contribution in [2.45, 2.75) is 35.9 Å². The number of thioether (sulfide) groups is 1. The van der Waals surface area contributed by atoms with Crippen molar-refractivity contribution in [3.05, 3.63) is 71.2 Å². The predicted octanol–water partition coefficient (Wildman–Crippen LogP) is 3.99. The first-order valence-electron chi connectivity index (χ1n) is 11.6. The summed E-state index contributed by atoms with van der Waals surface area (Å²) in [4.78, 5) is 25.3. The lowest BCUT2D eigenvalue weighted by molar-refractivity contribution is -0.115. The Morgan fingerprint density at radius 2 is 1.70 bits per heavy atom. The van der Waals surface area contributed by atoms with Gasteiger partial charge in [-0.3, -0.25) is 4.79 Å². The number of benzene rings is 1. The van der Waals surface area contributed by atoms with Gasteiger partial charge < -0.3 is 15.5 Å². The second-order valence-corrected chi connectivity index (χ2v) is 11.5. The molecule has 0 aliphatic rings. The van der Waals surface area contributed by atoms with Crippen LogP contribution in [0.1, 0.15) is 29.4 Å². The van der Waals surface area contributed by atoms with Gasteiger partial charge in [-0.05, 0) is 63.2 Å². The maximum Gasteiger partial charge on any atom is 0.264 e. The molecule has 4 N–H and O–H groups in total. The van der Waals surface area contributed by atoms with Crippen molar-refractivity contribution in [2.24, 2.45) is 0 Å². The molecule has 40 heavy (non-hydrogen) atoms. The van der Waals surface area contributed by atoms with Crippen molar-refractivity contribution in [3.63, 3.8) is 0 Å². The minimum atomic E-state index is -3.96. The smallest absolute Gasteiger partial charge is 0.264 e. The number of rotatable bonds is 8. The Hall–Kier alpha value is -4.92. The number of pyridine rings is 1. The van der Waals surface area contributed by atoms with Crippen LogP contribution < -0.4 is 15.8 Å². The van der Waals surface area contributed by atoms with Gasteiger partial charge in [0.15, 0.2) is 0 Å². The number of amides is 1. The second kappa shape index (κ2) is 11.4. The zero-order valence-electron chi connectivity index (χ0n) is 21.5. The molecule has 1 aromatic carbocycles. The summed E-state index contributed by atoms with van der Waals surface area (Å²) < 4.78 is 33.3. The Labute approximate surface area is 234 Å². The quantitative estimate of drug-likeness (QED) is 0.257. The molecular weight excluding hydrogens is 552 g/mol. The van der Waals surface area contributed by atoms with E-state index >= 15 is 0 Å². The number of anilines is 3. The molecule has 3 aromatic heterocycles. The van der Waals surface area contributed by atoms with Gasteiger partial charge in [0.25, 0.3) is 10.0 Å². The summed E-state index contributed by atoms with van der Waals surface area (Å²) in [6.07, 6.45) is 1.40. The molecule has 0 spiro atoms. The van der Waals surface area contributed by atoms with Crippen molar-refractivity contribution < 1.29 is 17.6 Å². The van der Waals surface area contributed by atoms with Crippen molar-refractivity contribution >= 4 is 45.1 Å². The molecule has 0 saturated carbocycles. The lowest BCUT2D eigenvalue weighted by Gasteiger charge is -2.15. The number of carbonyl (C=O) groups excluding carboxylic acids is 1. The number of hydrogen-bond acceptors (Lipinski definition) is 11. The maximum absolute atomic E-state index is 12.9. The van der Waals surface area contributed by atoms with Crippen molar-refractivity contribution in [3.8, 4) is 23.5 Å². The molecule has 0 aliphatic heterocycles. The Balaban J connectivity index is 1.50. The van der Waals surface area contributed by atoms with Gasteiger partial charge in [0.2, 0.25) is 11.9 Å². The van der Waals surface area contributed by atoms with Crippen LogP contribution in [0.4, 0.5) is 17.5 Å². The molecule has 14 heteroatoms. The normalized spacial score (nSPS) is 11.7. The lowest BCUT2D eigenvalue weighted by atomic mass is 10.0. The van der Waals surface area contributed by atoms with E-state index in [4.69, 9.17) is 10.2 Å². The average molecular weight is 575 g/mol. The second-order valence-electron chi connectivity index (χ2n) is 8.48. The molecule has 3 heterocycles. The third-order valence-electron chi connectivity index (χ3n) is 5.48. The third kappa shape index (κ3) is 6.04. The molecule has 202 valence electrons. The van der Waals surface area contributed by atoms with Crippen LogP contribution in [-0.4, -0.2) is 34.5 Å². The molecular formula is C26H22N8O4S2. The number of nitrogen functional groups attached to an aromatic ring is 1. The summed E-state index contributed by atoms with van der Waals surface area (Å²) in [7, 11) is -3.96. The summed E-state index contributed by atoms with van der Waals surface area (Å²) >= 11 is 0.981. The van der Waals surface area contributed by atoms with Gasteiger partial charge in [0, 0.05) is 17.1 Å². The average Bonchev–Trinajstić information content (AvgIpc) is 3.42. The first kappa shape index (κ1) is 28.1. The van der Waals surface area contributed by atoms with Gasteiger partial charge in [-0.25, -0.2) is 28.1 Å². The van der Waals surface area contributed by atoms with Crippen LogP contribution in [0.15, 0.2) is 63.1 Å². The van der Waals surface area contributed by atoms with Crippen LogP contribution in [0.25, 0.3) is 11.3 Å². The number of aromatic nitrogens is 3. The highest BCUT2D eigenvalue weighted by molar-refractivity contribution is 8.00. The summed E-state index contributed by atoms with van der Waals surface area (Å²) in [6.45, 7) is 5.07. The monoisotopic (exact) mass is 574 g/mol. The van der Waals surface area contributed by atoms with E-state index in [0.717, 1.165) is 11.8 Å². The number of nitrogens with one attached hydrogen (secondary N) is 2. The molecule has 0 saturated heterocycles. The molecule has 4 aromatic rings. The zero-order valence-corrected chi connectivity index (χ0v) is 23.1. The van der Waals surface area contributed by atoms with Crippen molar-refractivity contribution in [1.29, 1.82) is 10.5 Å². The number of nitriles is 2. The Kier molecular flexibility index (Phi) is 8.04. The molecule has 0 radical (unpaired) electrons. The predicted molar refractivity (Wildman–Crippen MR) is 148 cm³/mol. The van der Waals surface area contributed by atoms with E-state index in [2.05, 4.69) is 25.0 Å². The molecule has 0 aliphatic carbocycles. The van der Waals surface area contributed by atoms with E-state index in [1.807, 2.05) is 12.1 Å². The Bertz CT molecular complexity index is 1760. The van der Waals surface area contributed by atoms with E-state index in [1.54, 1.807) is 39.0 Å². The molecule has 4 rings (SSSR count). The SMILES string of the molecule is Cc1cc(C)nc(NS(=O)(=O)c2ccc(NC(=O)C(C)Sc3nc(N)c(C#N)c(-c4ccco4)c3C#N)cc2)n1. The highest BCUT2D eigenvalue weighted by atomic mass is 32.2. The van der Waals surface area contributed by atoms with E-state index in [9.17, 15) is 23.7 Å². The number of nitrogens with two attached hydrogens (primary N) is 1. The first-order chi connectivity index (χ1) is 19.0. The van der Waals surface area contributed by atoms with Gasteiger partial charge in [-0.15, -0.1) is 0 Å². The largest absolute Gasteiger partial charge is 0.464 e. The fourth-order valence-electron chi connectivity index (χ4n) is 3.68. The number of sulfonamides is 1. The van der Waals surface area contributed by atoms with Gasteiger partial charge in [0.1, 0.15) is 34.3 Å². The van der Waals surface area contributed by atoms with E-state index in [0.29, 0.717) is 17.1 Å². The summed E-state index contributed by atoms with van der Waals surface area (Å²) in [5.74, 6) is -0.297. The third-order valence-corrected chi connectivity index (χ3v) is 7.91. The summed E-state index contributed by atoms with van der Waals surface area (Å²) in [5, 5.41) is 21.5. The first-order valence-corrected chi connectivity index (χ1v) is 14.0. The van der Waals surface area contributed by atoms with Crippen molar-refractivity contribution in [2.75, 3.05) is 15.8 Å². The highest BCUT2D eigenvalue weighted by Crippen LogP contribution is 2.37. The van der Waals surface area contributed by atoms with Crippen molar-refractivity contribution in [1.82, 2.24) is 15.0 Å². The maximum atomic E-state index is 12.9. The minimum absolute atomic E-state index is 0.00147. The summed E-state index contributed by atoms with van der Waals surface area (Å²) in [6, 6.07) is 14.5. The number of hydrogen-bond donors (Lipinski definition) is 3. The standard InChI is InChI=1S/C26H22N8O4S2/c1-14-11-15(2)31-26(30-14)34-40(36,37)18-8-6-17(7-9-18)32-24(35)16(3)39-25-20(13-28)22(21-5-4-10-38-21)19(12-27)23(29)33-25/h4-11,16H,1-3H3,(H2,29,33)(H,32,35)(H,30,31,34). The highest BCUT2D eigenvalue weighted by Gasteiger charge is 2.25. The zero-order chi connectivity index (χ0) is 29.0. The topological polar surface area (TPSA) is 201 Å². The van der Waals surface area contributed by atoms with Crippen LogP contribution in [0.3, 0.4) is 0 Å². The number of aryl methyl sites for hydroxylation is 2. The summed E-state index contributed by atoms with van der Waals surface area (Å²) in [5.41, 5.74) is 7.84. The van der Waals surface area contributed by atoms with Gasteiger partial charge >= 0.3 is 0 Å². The number of furan rings is 1. The number of nitrogens with zero attached hydrogens (tertiary/aromatic N) is 5. The van der Waals surface area contributed by atoms with Crippen LogP contribution >= 0.6 is 11.8 Å². The van der Waals surface area contributed by atoms with Gasteiger partial charge in [-0.1, -0.05) is 11.8 Å². The van der Waals surface area contributed by atoms with Gasteiger partial charge in [-0.2, -0.15) is 10.5 Å². The van der Waals surface area contributed by atoms with Gasteiger partial charge in [0.05, 0.1) is 27.5 Å². The molecule has 1 atom stereocenters. The fraction of sp³-hybridized carbons (Fsp3) is 0.154. The van der Waals surface area contributed by atoms with E-state index < -0.39 is 21.2 Å². The van der Waals surface area contributed by atoms with Crippen LogP contribution in [0.5, 0.6) is 0 Å². The van der Waals surface area contributed by atoms with Crippen LogP contribution in [-0.2, 0) is 14.8 Å². The number of carbonyl (C=O) groups is 1. The lowest BCUT2D eigenvalue weighted by Crippen LogP contribution is -2.23. The molecule has 1 amide bonds. The van der Waals surface area contributed by atoms with E-state index in [1.165, 1.54) is 30.5 Å². The minimum Gasteiger partial charge on any atom is -0.464 e. The molecule has 0 fully saturated rings. The Morgan fingerprint density at radius 1 is 1.05 bits per heavy atom. The fourth-order valence-corrected chi connectivity index (χ4v) is 5.54. The molecule has 12 nitrogen and oxygen atoms in total. The van der Waals surface area contributed by atoms with Crippen LogP contribution in [0.2, 0.25) is 0 Å². The molecule has 0 bridgehead atoms. The Morgan fingerprint density at radius 3 is 2.27 bits per heavy atom. The van der Waals surface area contributed by atoms with E-state index in [-0.39, 0.29) is 44.1 Å². The molecule has 1 unspecified atom stereocenters.